The first-order valence-corrected chi connectivity index (χ1v) is 9.23. The van der Waals surface area contributed by atoms with Crippen LogP contribution in [0.4, 0.5) is 5.69 Å². The number of benzene rings is 2. The van der Waals surface area contributed by atoms with Crippen molar-refractivity contribution < 1.29 is 14.2 Å². The molecule has 0 bridgehead atoms. The standard InChI is InChI=1S/C20H22N6O3.HI/c1-27-15-6-3-13(4-7-15)19-24-18(25-26-19)12-22-20(21)23-14-5-8-16-17(11-14)29-10-2-9-28-16;/h3-8,11H,2,9-10,12H2,1H3,(H3,21,22,23)(H,24,25,26);1H. The topological polar surface area (TPSA) is 120 Å². The summed E-state index contributed by atoms with van der Waals surface area (Å²) in [6, 6.07) is 13.1. The minimum absolute atomic E-state index is 0. The molecule has 0 aliphatic carbocycles. The van der Waals surface area contributed by atoms with E-state index in [1.807, 2.05) is 42.5 Å². The van der Waals surface area contributed by atoms with Crippen LogP contribution in [0, 0.1) is 0 Å². The summed E-state index contributed by atoms with van der Waals surface area (Å²) in [5.41, 5.74) is 7.66. The molecular weight excluding hydrogens is 499 g/mol. The largest absolute Gasteiger partial charge is 0.497 e. The molecule has 1 aromatic heterocycles. The lowest BCUT2D eigenvalue weighted by Gasteiger charge is -2.10. The van der Waals surface area contributed by atoms with Crippen LogP contribution in [0.1, 0.15) is 12.2 Å². The minimum atomic E-state index is 0. The second-order valence-corrected chi connectivity index (χ2v) is 6.37. The molecule has 2 heterocycles. The predicted molar refractivity (Wildman–Crippen MR) is 125 cm³/mol. The number of nitrogens with one attached hydrogen (secondary N) is 2. The summed E-state index contributed by atoms with van der Waals surface area (Å²) >= 11 is 0. The number of aliphatic imine (C=N–C) groups is 1. The molecule has 0 amide bonds. The van der Waals surface area contributed by atoms with Crippen LogP contribution >= 0.6 is 24.0 Å². The van der Waals surface area contributed by atoms with Crippen molar-refractivity contribution in [3.05, 3.63) is 48.3 Å². The molecule has 158 valence electrons. The molecule has 1 aliphatic heterocycles. The molecule has 3 aromatic rings. The molecular formula is C20H23IN6O3. The summed E-state index contributed by atoms with van der Waals surface area (Å²) < 4.78 is 16.5. The maximum atomic E-state index is 6.00. The van der Waals surface area contributed by atoms with Gasteiger partial charge < -0.3 is 25.3 Å². The molecule has 10 heteroatoms. The van der Waals surface area contributed by atoms with Crippen molar-refractivity contribution in [2.24, 2.45) is 10.7 Å². The number of fused-ring (bicyclic) bond motifs is 1. The second-order valence-electron chi connectivity index (χ2n) is 6.37. The fraction of sp³-hybridized carbons (Fsp3) is 0.250. The Hall–Kier alpha value is -3.02. The van der Waals surface area contributed by atoms with Gasteiger partial charge >= 0.3 is 0 Å². The highest BCUT2D eigenvalue weighted by Gasteiger charge is 2.11. The third-order valence-corrected chi connectivity index (χ3v) is 4.30. The molecule has 2 aromatic carbocycles. The van der Waals surface area contributed by atoms with Gasteiger partial charge in [0, 0.05) is 23.7 Å². The van der Waals surface area contributed by atoms with E-state index in [1.165, 1.54) is 0 Å². The van der Waals surface area contributed by atoms with Gasteiger partial charge in [0.1, 0.15) is 18.1 Å². The Bertz CT molecular complexity index is 1010. The van der Waals surface area contributed by atoms with Crippen molar-refractivity contribution in [1.82, 2.24) is 15.2 Å². The summed E-state index contributed by atoms with van der Waals surface area (Å²) in [7, 11) is 1.63. The molecule has 30 heavy (non-hydrogen) atoms. The first-order valence-electron chi connectivity index (χ1n) is 9.23. The molecule has 0 saturated heterocycles. The Morgan fingerprint density at radius 1 is 1.17 bits per heavy atom. The van der Waals surface area contributed by atoms with Gasteiger partial charge in [0.2, 0.25) is 0 Å². The summed E-state index contributed by atoms with van der Waals surface area (Å²) in [5.74, 6) is 3.67. The molecule has 0 radical (unpaired) electrons. The van der Waals surface area contributed by atoms with Gasteiger partial charge in [0.15, 0.2) is 23.3 Å². The average molecular weight is 522 g/mol. The lowest BCUT2D eigenvalue weighted by molar-refractivity contribution is 0.297. The molecule has 0 atom stereocenters. The number of guanidine groups is 1. The van der Waals surface area contributed by atoms with Crippen molar-refractivity contribution in [2.45, 2.75) is 13.0 Å². The van der Waals surface area contributed by atoms with Gasteiger partial charge in [-0.15, -0.1) is 24.0 Å². The third kappa shape index (κ3) is 5.32. The summed E-state index contributed by atoms with van der Waals surface area (Å²) in [6.07, 6.45) is 0.858. The zero-order chi connectivity index (χ0) is 20.1. The third-order valence-electron chi connectivity index (χ3n) is 4.30. The van der Waals surface area contributed by atoms with E-state index in [4.69, 9.17) is 19.9 Å². The van der Waals surface area contributed by atoms with E-state index in [1.54, 1.807) is 7.11 Å². The number of hydrogen-bond acceptors (Lipinski definition) is 6. The molecule has 0 saturated carbocycles. The zero-order valence-electron chi connectivity index (χ0n) is 16.4. The zero-order valence-corrected chi connectivity index (χ0v) is 18.8. The fourth-order valence-electron chi connectivity index (χ4n) is 2.82. The minimum Gasteiger partial charge on any atom is -0.497 e. The van der Waals surface area contributed by atoms with E-state index < -0.39 is 0 Å². The van der Waals surface area contributed by atoms with Gasteiger partial charge in [-0.2, -0.15) is 5.10 Å². The van der Waals surface area contributed by atoms with Crippen molar-refractivity contribution in [3.63, 3.8) is 0 Å². The van der Waals surface area contributed by atoms with E-state index in [0.717, 1.165) is 29.2 Å². The van der Waals surface area contributed by atoms with Crippen LogP contribution in [0.2, 0.25) is 0 Å². The highest BCUT2D eigenvalue weighted by molar-refractivity contribution is 14.0. The average Bonchev–Trinajstić information content (AvgIpc) is 3.10. The number of nitrogens with zero attached hydrogens (tertiary/aromatic N) is 3. The number of nitrogens with two attached hydrogens (primary N) is 1. The summed E-state index contributed by atoms with van der Waals surface area (Å²) in [4.78, 5) is 8.76. The molecule has 1 aliphatic rings. The van der Waals surface area contributed by atoms with Crippen molar-refractivity contribution >= 4 is 35.6 Å². The number of aromatic nitrogens is 3. The lowest BCUT2D eigenvalue weighted by Crippen LogP contribution is -2.22. The molecule has 0 spiro atoms. The Labute approximate surface area is 191 Å². The van der Waals surface area contributed by atoms with E-state index in [9.17, 15) is 0 Å². The highest BCUT2D eigenvalue weighted by atomic mass is 127. The number of halogens is 1. The SMILES string of the molecule is COc1ccc(-c2n[nH]c(CN=C(N)Nc3ccc4c(c3)OCCCO4)n2)cc1.I. The lowest BCUT2D eigenvalue weighted by atomic mass is 10.2. The van der Waals surface area contributed by atoms with Gasteiger partial charge in [0.05, 0.1) is 20.3 Å². The van der Waals surface area contributed by atoms with Crippen LogP contribution in [0.3, 0.4) is 0 Å². The van der Waals surface area contributed by atoms with Crippen molar-refractivity contribution in [1.29, 1.82) is 0 Å². The maximum absolute atomic E-state index is 6.00. The molecule has 9 nitrogen and oxygen atoms in total. The van der Waals surface area contributed by atoms with E-state index in [0.29, 0.717) is 30.6 Å². The number of ether oxygens (including phenoxy) is 3. The molecule has 4 N–H and O–H groups in total. The number of aromatic amines is 1. The van der Waals surface area contributed by atoms with Gasteiger partial charge in [-0.3, -0.25) is 5.10 Å². The number of rotatable bonds is 5. The van der Waals surface area contributed by atoms with Crippen molar-refractivity contribution in [2.75, 3.05) is 25.6 Å². The van der Waals surface area contributed by atoms with Gasteiger partial charge in [-0.1, -0.05) is 0 Å². The molecule has 4 rings (SSSR count). The Balaban J connectivity index is 0.00000256. The van der Waals surface area contributed by atoms with Gasteiger partial charge in [0.25, 0.3) is 0 Å². The van der Waals surface area contributed by atoms with Crippen LogP contribution in [-0.2, 0) is 6.54 Å². The molecule has 0 unspecified atom stereocenters. The van der Waals surface area contributed by atoms with Gasteiger partial charge in [-0.25, -0.2) is 9.98 Å². The Morgan fingerprint density at radius 3 is 2.70 bits per heavy atom. The fourth-order valence-corrected chi connectivity index (χ4v) is 2.82. The summed E-state index contributed by atoms with van der Waals surface area (Å²) in [6.45, 7) is 1.55. The Kier molecular flexibility index (Phi) is 7.33. The monoisotopic (exact) mass is 522 g/mol. The quantitative estimate of drug-likeness (QED) is 0.268. The Morgan fingerprint density at radius 2 is 1.93 bits per heavy atom. The van der Waals surface area contributed by atoms with Crippen LogP contribution in [0.5, 0.6) is 17.2 Å². The van der Waals surface area contributed by atoms with E-state index in [2.05, 4.69) is 25.5 Å². The van der Waals surface area contributed by atoms with Gasteiger partial charge in [-0.05, 0) is 36.4 Å². The number of hydrogen-bond donors (Lipinski definition) is 3. The second kappa shape index (κ2) is 10.1. The number of anilines is 1. The normalized spacial score (nSPS) is 13.2. The summed E-state index contributed by atoms with van der Waals surface area (Å²) in [5, 5.41) is 10.2. The number of H-pyrrole nitrogens is 1. The number of methoxy groups -OCH3 is 1. The van der Waals surface area contributed by atoms with Crippen LogP contribution in [-0.4, -0.2) is 41.5 Å². The first-order chi connectivity index (χ1) is 14.2. The molecule has 0 fully saturated rings. The van der Waals surface area contributed by atoms with Crippen LogP contribution in [0.15, 0.2) is 47.5 Å². The van der Waals surface area contributed by atoms with E-state index in [-0.39, 0.29) is 36.5 Å². The highest BCUT2D eigenvalue weighted by Crippen LogP contribution is 2.32. The first kappa shape index (κ1) is 21.7. The smallest absolute Gasteiger partial charge is 0.193 e. The van der Waals surface area contributed by atoms with Crippen molar-refractivity contribution in [3.8, 4) is 28.6 Å². The van der Waals surface area contributed by atoms with Crippen LogP contribution < -0.4 is 25.3 Å². The predicted octanol–water partition coefficient (Wildman–Crippen LogP) is 3.19. The van der Waals surface area contributed by atoms with Crippen LogP contribution in [0.25, 0.3) is 11.4 Å². The maximum Gasteiger partial charge on any atom is 0.193 e. The van der Waals surface area contributed by atoms with E-state index >= 15 is 0 Å².